The van der Waals surface area contributed by atoms with E-state index in [2.05, 4.69) is 26.3 Å². The molecule has 1 fully saturated rings. The smallest absolute Gasteiger partial charge is 0.290 e. The molecule has 0 radical (unpaired) electrons. The fourth-order valence-electron chi connectivity index (χ4n) is 3.38. The highest BCUT2D eigenvalue weighted by Gasteiger charge is 2.42. The van der Waals surface area contributed by atoms with E-state index in [1.54, 1.807) is 25.8 Å². The van der Waals surface area contributed by atoms with Gasteiger partial charge in [0.2, 0.25) is 5.91 Å². The van der Waals surface area contributed by atoms with Crippen LogP contribution in [0.5, 0.6) is 0 Å². The topological polar surface area (TPSA) is 147 Å². The van der Waals surface area contributed by atoms with Gasteiger partial charge in [0, 0.05) is 58.1 Å². The second-order valence-corrected chi connectivity index (χ2v) is 6.60. The van der Waals surface area contributed by atoms with Crippen molar-refractivity contribution >= 4 is 18.9 Å². The van der Waals surface area contributed by atoms with Gasteiger partial charge in [0.1, 0.15) is 5.54 Å². The number of aromatic nitrogens is 3. The summed E-state index contributed by atoms with van der Waals surface area (Å²) in [7, 11) is 1.63. The standard InChI is InChI=1S/C18H25N5O2.2CH2O2/c1-25-12-8-21-17(24)18(23-11-7-20-15-23)4-9-22(10-5-18)14-16-3-2-6-19-13-16;2*2-1-3/h2-3,6-7,11,13,15H,4-5,8-10,12,14H2,1H3,(H,21,24);2*1H,(H,2,3). The van der Waals surface area contributed by atoms with Crippen LogP contribution in [0.1, 0.15) is 18.4 Å². The van der Waals surface area contributed by atoms with E-state index in [0.717, 1.165) is 32.5 Å². The number of hydrogen-bond donors (Lipinski definition) is 3. The molecule has 0 spiro atoms. The first-order chi connectivity index (χ1) is 15.1. The quantitative estimate of drug-likeness (QED) is 0.416. The summed E-state index contributed by atoms with van der Waals surface area (Å²) in [6.07, 6.45) is 10.5. The molecular weight excluding hydrogens is 406 g/mol. The number of carbonyl (C=O) groups is 3. The molecule has 2 aromatic heterocycles. The first-order valence-electron chi connectivity index (χ1n) is 9.60. The van der Waals surface area contributed by atoms with Crippen LogP contribution in [-0.2, 0) is 31.2 Å². The number of nitrogens with one attached hydrogen (secondary N) is 1. The highest BCUT2D eigenvalue weighted by atomic mass is 16.5. The zero-order valence-corrected chi connectivity index (χ0v) is 17.5. The van der Waals surface area contributed by atoms with E-state index in [4.69, 9.17) is 24.5 Å². The number of pyridine rings is 1. The average molecular weight is 435 g/mol. The van der Waals surface area contributed by atoms with E-state index in [-0.39, 0.29) is 18.9 Å². The molecule has 0 aliphatic carbocycles. The SMILES string of the molecule is COCCNC(=O)C1(n2ccnc2)CCN(Cc2cccnc2)CC1.O=CO.O=CO. The van der Waals surface area contributed by atoms with Crippen molar-refractivity contribution in [3.05, 3.63) is 48.8 Å². The summed E-state index contributed by atoms with van der Waals surface area (Å²) in [5.74, 6) is 0.0450. The van der Waals surface area contributed by atoms with Gasteiger partial charge in [0.05, 0.1) is 12.9 Å². The highest BCUT2D eigenvalue weighted by molar-refractivity contribution is 5.84. The van der Waals surface area contributed by atoms with Gasteiger partial charge >= 0.3 is 0 Å². The third kappa shape index (κ3) is 8.15. The van der Waals surface area contributed by atoms with Crippen LogP contribution in [0.2, 0.25) is 0 Å². The molecule has 31 heavy (non-hydrogen) atoms. The largest absolute Gasteiger partial charge is 0.483 e. The fourth-order valence-corrected chi connectivity index (χ4v) is 3.38. The lowest BCUT2D eigenvalue weighted by atomic mass is 9.86. The molecule has 3 rings (SSSR count). The number of nitrogens with zero attached hydrogens (tertiary/aromatic N) is 4. The number of methoxy groups -OCH3 is 1. The molecule has 1 saturated heterocycles. The Balaban J connectivity index is 0.000000720. The Hall–Kier alpha value is -3.31. The van der Waals surface area contributed by atoms with Crippen molar-refractivity contribution in [2.24, 2.45) is 0 Å². The third-order valence-electron chi connectivity index (χ3n) is 4.83. The molecule has 3 N–H and O–H groups in total. The first kappa shape index (κ1) is 25.7. The number of likely N-dealkylation sites (tertiary alicyclic amines) is 1. The molecule has 11 nitrogen and oxygen atoms in total. The Morgan fingerprint density at radius 3 is 2.42 bits per heavy atom. The molecule has 170 valence electrons. The molecular formula is C20H29N5O6. The maximum atomic E-state index is 12.9. The highest BCUT2D eigenvalue weighted by Crippen LogP contribution is 2.31. The van der Waals surface area contributed by atoms with Crippen LogP contribution in [0.3, 0.4) is 0 Å². The number of ether oxygens (including phenoxy) is 1. The maximum absolute atomic E-state index is 12.9. The van der Waals surface area contributed by atoms with Crippen LogP contribution in [0.25, 0.3) is 0 Å². The van der Waals surface area contributed by atoms with E-state index in [1.165, 1.54) is 5.56 Å². The minimum absolute atomic E-state index is 0.0450. The second-order valence-electron chi connectivity index (χ2n) is 6.60. The predicted octanol–water partition coefficient (Wildman–Crippen LogP) is 0.434. The fraction of sp³-hybridized carbons (Fsp3) is 0.450. The van der Waals surface area contributed by atoms with Crippen LogP contribution in [-0.4, -0.2) is 81.9 Å². The minimum Gasteiger partial charge on any atom is -0.483 e. The second kappa shape index (κ2) is 14.6. The van der Waals surface area contributed by atoms with Gasteiger partial charge in [0.25, 0.3) is 12.9 Å². The summed E-state index contributed by atoms with van der Waals surface area (Å²) in [6, 6.07) is 4.04. The van der Waals surface area contributed by atoms with Gasteiger partial charge in [-0.1, -0.05) is 6.07 Å². The van der Waals surface area contributed by atoms with Crippen molar-refractivity contribution in [3.8, 4) is 0 Å². The Labute approximate surface area is 180 Å². The van der Waals surface area contributed by atoms with Gasteiger partial charge in [-0.15, -0.1) is 0 Å². The molecule has 1 aliphatic rings. The molecule has 1 aliphatic heterocycles. The van der Waals surface area contributed by atoms with Gasteiger partial charge in [-0.05, 0) is 24.5 Å². The number of carboxylic acid groups (broad SMARTS) is 2. The summed E-state index contributed by atoms with van der Waals surface area (Å²) in [5, 5.41) is 16.8. The lowest BCUT2D eigenvalue weighted by Crippen LogP contribution is -2.55. The van der Waals surface area contributed by atoms with E-state index < -0.39 is 5.54 Å². The van der Waals surface area contributed by atoms with Crippen molar-refractivity contribution < 1.29 is 29.3 Å². The van der Waals surface area contributed by atoms with Crippen molar-refractivity contribution in [1.82, 2.24) is 24.8 Å². The number of imidazole rings is 1. The van der Waals surface area contributed by atoms with E-state index in [1.807, 2.05) is 23.0 Å². The van der Waals surface area contributed by atoms with Crippen molar-refractivity contribution in [2.75, 3.05) is 33.4 Å². The third-order valence-corrected chi connectivity index (χ3v) is 4.83. The minimum atomic E-state index is -0.574. The van der Waals surface area contributed by atoms with Gasteiger partial charge in [-0.25, -0.2) is 4.98 Å². The average Bonchev–Trinajstić information content (AvgIpc) is 3.32. The summed E-state index contributed by atoms with van der Waals surface area (Å²) < 4.78 is 6.99. The number of piperidine rings is 1. The maximum Gasteiger partial charge on any atom is 0.290 e. The number of rotatable bonds is 7. The molecule has 0 saturated carbocycles. The van der Waals surface area contributed by atoms with Crippen LogP contribution in [0, 0.1) is 0 Å². The van der Waals surface area contributed by atoms with Gasteiger partial charge < -0.3 is 24.8 Å². The molecule has 0 atom stereocenters. The van der Waals surface area contributed by atoms with E-state index in [0.29, 0.717) is 13.2 Å². The van der Waals surface area contributed by atoms with Crippen LogP contribution in [0.4, 0.5) is 0 Å². The van der Waals surface area contributed by atoms with Gasteiger partial charge in [-0.3, -0.25) is 24.3 Å². The van der Waals surface area contributed by atoms with Crippen molar-refractivity contribution in [3.63, 3.8) is 0 Å². The first-order valence-corrected chi connectivity index (χ1v) is 9.60. The Morgan fingerprint density at radius 1 is 1.23 bits per heavy atom. The molecule has 3 heterocycles. The zero-order chi connectivity index (χ0) is 23.0. The number of carbonyl (C=O) groups excluding carboxylic acids is 1. The lowest BCUT2D eigenvalue weighted by molar-refractivity contribution is -0.133. The lowest BCUT2D eigenvalue weighted by Gasteiger charge is -2.41. The molecule has 0 bridgehead atoms. The molecule has 0 aromatic carbocycles. The molecule has 11 heteroatoms. The molecule has 1 amide bonds. The number of hydrogen-bond acceptors (Lipinski definition) is 7. The van der Waals surface area contributed by atoms with Crippen LogP contribution >= 0.6 is 0 Å². The Kier molecular flexibility index (Phi) is 12.1. The summed E-state index contributed by atoms with van der Waals surface area (Å²) in [5.41, 5.74) is 0.623. The van der Waals surface area contributed by atoms with E-state index >= 15 is 0 Å². The van der Waals surface area contributed by atoms with Crippen LogP contribution in [0.15, 0.2) is 43.2 Å². The summed E-state index contributed by atoms with van der Waals surface area (Å²) in [4.78, 5) is 40.3. The predicted molar refractivity (Wildman–Crippen MR) is 111 cm³/mol. The van der Waals surface area contributed by atoms with Crippen molar-refractivity contribution in [2.45, 2.75) is 24.9 Å². The zero-order valence-electron chi connectivity index (χ0n) is 17.5. The molecule has 2 aromatic rings. The number of amides is 1. The summed E-state index contributed by atoms with van der Waals surface area (Å²) >= 11 is 0. The van der Waals surface area contributed by atoms with Gasteiger partial charge in [0.15, 0.2) is 0 Å². The Bertz CT molecular complexity index is 743. The molecule has 0 unspecified atom stereocenters. The summed E-state index contributed by atoms with van der Waals surface area (Å²) in [6.45, 7) is 3.10. The van der Waals surface area contributed by atoms with Crippen LogP contribution < -0.4 is 5.32 Å². The monoisotopic (exact) mass is 435 g/mol. The van der Waals surface area contributed by atoms with Crippen molar-refractivity contribution in [1.29, 1.82) is 0 Å². The van der Waals surface area contributed by atoms with E-state index in [9.17, 15) is 4.79 Å². The Morgan fingerprint density at radius 2 is 1.90 bits per heavy atom. The normalized spacial score (nSPS) is 14.7. The van der Waals surface area contributed by atoms with Gasteiger partial charge in [-0.2, -0.15) is 0 Å².